The van der Waals surface area contributed by atoms with Gasteiger partial charge in [-0.25, -0.2) is 4.79 Å². The van der Waals surface area contributed by atoms with E-state index in [0.29, 0.717) is 25.9 Å². The Labute approximate surface area is 489 Å². The Kier molecular flexibility index (Phi) is 29.4. The van der Waals surface area contributed by atoms with Crippen LogP contribution in [0.4, 0.5) is 0 Å². The predicted octanol–water partition coefficient (Wildman–Crippen LogP) is 15.1. The van der Waals surface area contributed by atoms with Crippen LogP contribution < -0.4 is 5.32 Å². The first-order valence-electron chi connectivity index (χ1n) is 30.5. The van der Waals surface area contributed by atoms with E-state index in [4.69, 9.17) is 33.2 Å². The Balaban J connectivity index is 1.18. The molecule has 82 heavy (non-hydrogen) atoms. The maximum absolute atomic E-state index is 14.5. The molecule has 11 heteroatoms. The van der Waals surface area contributed by atoms with Crippen molar-refractivity contribution in [1.82, 2.24) is 5.32 Å². The van der Waals surface area contributed by atoms with Crippen molar-refractivity contribution >= 4 is 11.9 Å². The number of benzene rings is 6. The van der Waals surface area contributed by atoms with Crippen molar-refractivity contribution in [3.8, 4) is 0 Å². The highest BCUT2D eigenvalue weighted by atomic mass is 16.7. The summed E-state index contributed by atoms with van der Waals surface area (Å²) in [5.74, 6) is -1.38. The zero-order chi connectivity index (χ0) is 57.1. The predicted molar refractivity (Wildman–Crippen MR) is 324 cm³/mol. The van der Waals surface area contributed by atoms with Gasteiger partial charge in [0.1, 0.15) is 24.4 Å². The average molecular weight is 1120 g/mol. The zero-order valence-corrected chi connectivity index (χ0v) is 48.5. The number of unbranched alkanes of at least 4 members (excludes halogenated alkanes) is 13. The standard InChI is InChI=1S/C71H91NO10/c1-2-3-4-5-6-7-8-9-10-11-12-33-48-63(76-50-57-38-23-14-24-39-57)65(77-51-58-40-25-15-26-41-58)62(72-64(73)49-34-19-22-37-56-35-20-13-21-36-56)55-81-71-69(80-54-61-46-31-18-32-47-61)67(79-53-60-44-29-17-30-45-60)66(68(82-71)70(74)75)78-52-59-42-27-16-28-43-59/h13-18,20-21,23-32,35-36,38-47,62-63,65-69,71H,2-12,19,22,33-34,37,48-55H2,1H3,(H,72,73)(H,74,75)/t62-,63+,65-,66+,67-,68-,69+,71-/m0/s1. The van der Waals surface area contributed by atoms with E-state index in [-0.39, 0.29) is 38.9 Å². The largest absolute Gasteiger partial charge is 0.479 e. The molecule has 0 spiro atoms. The Hall–Kier alpha value is -6.02. The molecule has 1 fully saturated rings. The Morgan fingerprint density at radius 3 is 1.33 bits per heavy atom. The quantitative estimate of drug-likeness (QED) is 0.0358. The van der Waals surface area contributed by atoms with Crippen LogP contribution in [-0.4, -0.2) is 72.5 Å². The molecule has 0 aliphatic carbocycles. The molecule has 0 aromatic heterocycles. The van der Waals surface area contributed by atoms with Crippen LogP contribution in [-0.2, 0) is 82.2 Å². The van der Waals surface area contributed by atoms with Crippen molar-refractivity contribution < 1.29 is 47.9 Å². The lowest BCUT2D eigenvalue weighted by Crippen LogP contribution is -2.63. The Morgan fingerprint density at radius 1 is 0.451 bits per heavy atom. The highest BCUT2D eigenvalue weighted by molar-refractivity contribution is 5.76. The first kappa shape index (κ1) is 63.6. The summed E-state index contributed by atoms with van der Waals surface area (Å²) in [6, 6.07) is 58.9. The smallest absolute Gasteiger partial charge is 0.335 e. The van der Waals surface area contributed by atoms with Crippen LogP contribution in [0, 0.1) is 0 Å². The molecule has 1 amide bonds. The van der Waals surface area contributed by atoms with E-state index in [1.807, 2.05) is 146 Å². The van der Waals surface area contributed by atoms with E-state index in [1.165, 1.54) is 63.4 Å². The fourth-order valence-electron chi connectivity index (χ4n) is 10.7. The molecule has 2 N–H and O–H groups in total. The summed E-state index contributed by atoms with van der Waals surface area (Å²) in [7, 11) is 0. The average Bonchev–Trinajstić information content (AvgIpc) is 3.71. The molecule has 11 nitrogen and oxygen atoms in total. The number of amides is 1. The number of ether oxygens (including phenoxy) is 7. The third kappa shape index (κ3) is 23.3. The maximum Gasteiger partial charge on any atom is 0.335 e. The molecule has 0 saturated carbocycles. The van der Waals surface area contributed by atoms with E-state index >= 15 is 0 Å². The van der Waals surface area contributed by atoms with Gasteiger partial charge in [-0.3, -0.25) is 4.79 Å². The van der Waals surface area contributed by atoms with Gasteiger partial charge in [0.05, 0.1) is 51.8 Å². The van der Waals surface area contributed by atoms with E-state index < -0.39 is 54.9 Å². The van der Waals surface area contributed by atoms with Gasteiger partial charge in [0.25, 0.3) is 0 Å². The normalized spacial score (nSPS) is 18.1. The summed E-state index contributed by atoms with van der Waals surface area (Å²) in [6.07, 6.45) is 12.0. The molecule has 7 rings (SSSR count). The molecule has 8 atom stereocenters. The topological polar surface area (TPSA) is 131 Å². The summed E-state index contributed by atoms with van der Waals surface area (Å²) >= 11 is 0. The van der Waals surface area contributed by atoms with Crippen LogP contribution in [0.1, 0.15) is 149 Å². The number of rotatable bonds is 41. The first-order valence-corrected chi connectivity index (χ1v) is 30.5. The monoisotopic (exact) mass is 1120 g/mol. The fourth-order valence-corrected chi connectivity index (χ4v) is 10.7. The van der Waals surface area contributed by atoms with Crippen LogP contribution in [0.5, 0.6) is 0 Å². The highest BCUT2D eigenvalue weighted by Crippen LogP contribution is 2.33. The molecule has 6 aromatic carbocycles. The lowest BCUT2D eigenvalue weighted by molar-refractivity contribution is -0.321. The molecule has 0 bridgehead atoms. The molecule has 0 radical (unpaired) electrons. The molecular weight excluding hydrogens is 1030 g/mol. The first-order chi connectivity index (χ1) is 40.4. The number of hydrogen-bond acceptors (Lipinski definition) is 9. The zero-order valence-electron chi connectivity index (χ0n) is 48.5. The molecule has 1 saturated heterocycles. The second-order valence-corrected chi connectivity index (χ2v) is 21.9. The van der Waals surface area contributed by atoms with Crippen LogP contribution in [0.15, 0.2) is 182 Å². The van der Waals surface area contributed by atoms with Gasteiger partial charge in [-0.05, 0) is 59.1 Å². The summed E-state index contributed by atoms with van der Waals surface area (Å²) < 4.78 is 47.9. The molecule has 1 aliphatic rings. The summed E-state index contributed by atoms with van der Waals surface area (Å²) in [5.41, 5.74) is 5.91. The van der Waals surface area contributed by atoms with Crippen LogP contribution >= 0.6 is 0 Å². The van der Waals surface area contributed by atoms with E-state index in [0.717, 1.165) is 66.3 Å². The number of aryl methyl sites for hydroxylation is 1. The maximum atomic E-state index is 14.5. The van der Waals surface area contributed by atoms with Crippen LogP contribution in [0.2, 0.25) is 0 Å². The van der Waals surface area contributed by atoms with Gasteiger partial charge < -0.3 is 43.6 Å². The van der Waals surface area contributed by atoms with Gasteiger partial charge in [0, 0.05) is 6.42 Å². The van der Waals surface area contributed by atoms with Gasteiger partial charge in [0.2, 0.25) is 5.91 Å². The summed E-state index contributed by atoms with van der Waals surface area (Å²) in [4.78, 5) is 28.1. The van der Waals surface area contributed by atoms with Gasteiger partial charge >= 0.3 is 5.97 Å². The lowest BCUT2D eigenvalue weighted by Gasteiger charge is -2.45. The summed E-state index contributed by atoms with van der Waals surface area (Å²) in [6.45, 7) is 3.10. The number of hydrogen-bond donors (Lipinski definition) is 2. The number of carbonyl (C=O) groups excluding carboxylic acids is 1. The van der Waals surface area contributed by atoms with Crippen molar-refractivity contribution in [1.29, 1.82) is 0 Å². The van der Waals surface area contributed by atoms with E-state index in [2.05, 4.69) is 48.6 Å². The van der Waals surface area contributed by atoms with Crippen molar-refractivity contribution in [3.63, 3.8) is 0 Å². The van der Waals surface area contributed by atoms with Gasteiger partial charge in [-0.1, -0.05) is 272 Å². The molecular formula is C71H91NO10. The van der Waals surface area contributed by atoms with Crippen molar-refractivity contribution in [2.75, 3.05) is 6.61 Å². The van der Waals surface area contributed by atoms with Crippen molar-refractivity contribution in [2.24, 2.45) is 0 Å². The number of nitrogens with one attached hydrogen (secondary N) is 1. The second-order valence-electron chi connectivity index (χ2n) is 21.9. The molecule has 6 aromatic rings. The minimum absolute atomic E-state index is 0.102. The van der Waals surface area contributed by atoms with E-state index in [9.17, 15) is 14.7 Å². The highest BCUT2D eigenvalue weighted by Gasteiger charge is 2.52. The van der Waals surface area contributed by atoms with Gasteiger partial charge in [0.15, 0.2) is 12.4 Å². The molecule has 0 unspecified atom stereocenters. The molecule has 1 aliphatic heterocycles. The number of carbonyl (C=O) groups is 2. The van der Waals surface area contributed by atoms with Crippen LogP contribution in [0.3, 0.4) is 0 Å². The SMILES string of the molecule is CCCCCCCCCCCCCC[C@@H](OCc1ccccc1)[C@@H](OCc1ccccc1)[C@H](CO[C@H]1O[C@H](C(=O)O)[C@H](OCc2ccccc2)[C@H](OCc2ccccc2)[C@H]1OCc1ccccc1)NC(=O)CCCCCc1ccccc1. The van der Waals surface area contributed by atoms with Gasteiger partial charge in [-0.15, -0.1) is 0 Å². The molecule has 440 valence electrons. The number of carboxylic acid groups (broad SMARTS) is 1. The third-order valence-corrected chi connectivity index (χ3v) is 15.3. The minimum atomic E-state index is -1.52. The van der Waals surface area contributed by atoms with Crippen molar-refractivity contribution in [3.05, 3.63) is 215 Å². The fraction of sp³-hybridized carbons (Fsp3) is 0.465. The van der Waals surface area contributed by atoms with E-state index in [1.54, 1.807) is 0 Å². The summed E-state index contributed by atoms with van der Waals surface area (Å²) in [5, 5.41) is 14.5. The number of aliphatic carboxylic acids is 1. The molecule has 1 heterocycles. The second kappa shape index (κ2) is 38.0. The third-order valence-electron chi connectivity index (χ3n) is 15.3. The Bertz CT molecular complexity index is 2580. The van der Waals surface area contributed by atoms with Gasteiger partial charge in [-0.2, -0.15) is 0 Å². The minimum Gasteiger partial charge on any atom is -0.479 e. The Morgan fingerprint density at radius 2 is 0.854 bits per heavy atom. The number of carboxylic acids is 1. The van der Waals surface area contributed by atoms with Crippen molar-refractivity contribution in [2.45, 2.75) is 204 Å². The van der Waals surface area contributed by atoms with Crippen LogP contribution in [0.25, 0.3) is 0 Å². The lowest BCUT2D eigenvalue weighted by atomic mass is 9.97.